The topological polar surface area (TPSA) is 63.2 Å². The number of esters is 1. The zero-order valence-electron chi connectivity index (χ0n) is 14.8. The average molecular weight is 412 g/mol. The molecule has 0 atom stereocenters. The number of carbonyl (C=O) groups is 1. The second-order valence-electron chi connectivity index (χ2n) is 5.83. The molecule has 1 N–H and O–H groups in total. The van der Waals surface area contributed by atoms with Gasteiger partial charge < -0.3 is 19.7 Å². The van der Waals surface area contributed by atoms with Gasteiger partial charge in [-0.2, -0.15) is 0 Å². The Kier molecular flexibility index (Phi) is 8.04. The zero-order chi connectivity index (χ0) is 18.1. The molecule has 1 aromatic carbocycles. The molecule has 138 valence electrons. The van der Waals surface area contributed by atoms with Crippen LogP contribution in [0, 0.1) is 5.92 Å². The molecular formula is C18H26BrN3O3. The van der Waals surface area contributed by atoms with Crippen molar-refractivity contribution in [2.24, 2.45) is 10.9 Å². The normalized spacial score (nSPS) is 15.8. The molecule has 1 aromatic rings. The minimum atomic E-state index is -0.107. The molecule has 7 heteroatoms. The maximum Gasteiger partial charge on any atom is 0.308 e. The van der Waals surface area contributed by atoms with Gasteiger partial charge in [0.1, 0.15) is 12.4 Å². The van der Waals surface area contributed by atoms with E-state index in [0.717, 1.165) is 48.7 Å². The smallest absolute Gasteiger partial charge is 0.308 e. The molecule has 2 rings (SSSR count). The molecule has 1 aliphatic rings. The first-order chi connectivity index (χ1) is 12.1. The summed E-state index contributed by atoms with van der Waals surface area (Å²) in [4.78, 5) is 18.5. The molecular weight excluding hydrogens is 386 g/mol. The van der Waals surface area contributed by atoms with Gasteiger partial charge in [0.05, 0.1) is 19.6 Å². The molecule has 6 nitrogen and oxygen atoms in total. The minimum absolute atomic E-state index is 0.00369. The number of rotatable bonds is 6. The van der Waals surface area contributed by atoms with E-state index in [4.69, 9.17) is 9.47 Å². The number of piperidine rings is 1. The number of carbonyl (C=O) groups excluding carboxylic acids is 1. The second kappa shape index (κ2) is 10.3. The van der Waals surface area contributed by atoms with Crippen molar-refractivity contribution >= 4 is 27.9 Å². The summed E-state index contributed by atoms with van der Waals surface area (Å²) in [6.07, 6.45) is 1.59. The summed E-state index contributed by atoms with van der Waals surface area (Å²) < 4.78 is 11.6. The van der Waals surface area contributed by atoms with Crippen LogP contribution in [0.15, 0.2) is 33.7 Å². The third-order valence-electron chi connectivity index (χ3n) is 4.08. The van der Waals surface area contributed by atoms with E-state index in [-0.39, 0.29) is 11.9 Å². The van der Waals surface area contributed by atoms with Crippen LogP contribution in [0.3, 0.4) is 0 Å². The van der Waals surface area contributed by atoms with Crippen molar-refractivity contribution < 1.29 is 14.3 Å². The molecule has 1 aliphatic heterocycles. The summed E-state index contributed by atoms with van der Waals surface area (Å²) in [6.45, 7) is 5.56. The van der Waals surface area contributed by atoms with E-state index in [9.17, 15) is 4.79 Å². The Balaban J connectivity index is 1.83. The standard InChI is InChI=1S/C18H26BrN3O3/c1-3-20-18(22-10-7-14(8-11-22)17(23)24-2)21-9-12-25-16-6-4-5-15(19)13-16/h4-6,13-14H,3,7-12H2,1-2H3,(H,20,21). The number of methoxy groups -OCH3 is 1. The Morgan fingerprint density at radius 1 is 1.40 bits per heavy atom. The molecule has 0 amide bonds. The summed E-state index contributed by atoms with van der Waals surface area (Å²) in [6, 6.07) is 7.77. The number of nitrogens with one attached hydrogen (secondary N) is 1. The largest absolute Gasteiger partial charge is 0.492 e. The quantitative estimate of drug-likeness (QED) is 0.337. The van der Waals surface area contributed by atoms with E-state index >= 15 is 0 Å². The van der Waals surface area contributed by atoms with Crippen molar-refractivity contribution in [2.75, 3.05) is 39.9 Å². The Bertz CT molecular complexity index is 587. The predicted octanol–water partition coefficient (Wildman–Crippen LogP) is 2.68. The maximum atomic E-state index is 11.6. The van der Waals surface area contributed by atoms with Crippen molar-refractivity contribution in [3.63, 3.8) is 0 Å². The first-order valence-electron chi connectivity index (χ1n) is 8.63. The third-order valence-corrected chi connectivity index (χ3v) is 4.57. The van der Waals surface area contributed by atoms with Crippen LogP contribution in [0.2, 0.25) is 0 Å². The van der Waals surface area contributed by atoms with Crippen LogP contribution in [-0.2, 0) is 9.53 Å². The Morgan fingerprint density at radius 2 is 2.16 bits per heavy atom. The van der Waals surface area contributed by atoms with Gasteiger partial charge in [0.15, 0.2) is 5.96 Å². The molecule has 1 heterocycles. The highest BCUT2D eigenvalue weighted by Crippen LogP contribution is 2.19. The van der Waals surface area contributed by atoms with Crippen molar-refractivity contribution in [3.05, 3.63) is 28.7 Å². The molecule has 0 saturated carbocycles. The van der Waals surface area contributed by atoms with Crippen molar-refractivity contribution in [1.29, 1.82) is 0 Å². The average Bonchev–Trinajstić information content (AvgIpc) is 2.64. The predicted molar refractivity (Wildman–Crippen MR) is 102 cm³/mol. The highest BCUT2D eigenvalue weighted by molar-refractivity contribution is 9.10. The summed E-state index contributed by atoms with van der Waals surface area (Å²) in [7, 11) is 1.45. The molecule has 0 spiro atoms. The van der Waals surface area contributed by atoms with Gasteiger partial charge in [-0.15, -0.1) is 0 Å². The van der Waals surface area contributed by atoms with Gasteiger partial charge in [0.2, 0.25) is 0 Å². The first kappa shape index (κ1) is 19.6. The fraction of sp³-hybridized carbons (Fsp3) is 0.556. The van der Waals surface area contributed by atoms with Crippen LogP contribution in [0.25, 0.3) is 0 Å². The molecule has 25 heavy (non-hydrogen) atoms. The van der Waals surface area contributed by atoms with Gasteiger partial charge in [0, 0.05) is 24.1 Å². The fourth-order valence-corrected chi connectivity index (χ4v) is 3.17. The SMILES string of the molecule is CCNC(=NCCOc1cccc(Br)c1)N1CCC(C(=O)OC)CC1. The van der Waals surface area contributed by atoms with Crippen LogP contribution >= 0.6 is 15.9 Å². The lowest BCUT2D eigenvalue weighted by Crippen LogP contribution is -2.46. The van der Waals surface area contributed by atoms with Gasteiger partial charge in [-0.25, -0.2) is 4.99 Å². The summed E-state index contributed by atoms with van der Waals surface area (Å²) in [5, 5.41) is 3.31. The number of guanidine groups is 1. The van der Waals surface area contributed by atoms with E-state index in [1.165, 1.54) is 7.11 Å². The van der Waals surface area contributed by atoms with Gasteiger partial charge >= 0.3 is 5.97 Å². The number of nitrogens with zero attached hydrogens (tertiary/aromatic N) is 2. The molecule has 0 radical (unpaired) electrons. The van der Waals surface area contributed by atoms with Crippen LogP contribution in [0.4, 0.5) is 0 Å². The van der Waals surface area contributed by atoms with Gasteiger partial charge in [-0.05, 0) is 38.0 Å². The summed E-state index contributed by atoms with van der Waals surface area (Å²) in [5.41, 5.74) is 0. The van der Waals surface area contributed by atoms with E-state index in [1.807, 2.05) is 24.3 Å². The Morgan fingerprint density at radius 3 is 2.80 bits per heavy atom. The maximum absolute atomic E-state index is 11.6. The highest BCUT2D eigenvalue weighted by Gasteiger charge is 2.26. The fourth-order valence-electron chi connectivity index (χ4n) is 2.79. The monoisotopic (exact) mass is 411 g/mol. The highest BCUT2D eigenvalue weighted by atomic mass is 79.9. The zero-order valence-corrected chi connectivity index (χ0v) is 16.4. The number of likely N-dealkylation sites (tertiary alicyclic amines) is 1. The molecule has 1 saturated heterocycles. The number of hydrogen-bond donors (Lipinski definition) is 1. The molecule has 0 aliphatic carbocycles. The molecule has 0 unspecified atom stereocenters. The van der Waals surface area contributed by atoms with E-state index in [2.05, 4.69) is 38.1 Å². The van der Waals surface area contributed by atoms with E-state index in [0.29, 0.717) is 13.2 Å². The molecule has 1 fully saturated rings. The second-order valence-corrected chi connectivity index (χ2v) is 6.74. The van der Waals surface area contributed by atoms with E-state index in [1.54, 1.807) is 0 Å². The van der Waals surface area contributed by atoms with Gasteiger partial charge in [-0.1, -0.05) is 22.0 Å². The first-order valence-corrected chi connectivity index (χ1v) is 9.42. The lowest BCUT2D eigenvalue weighted by Gasteiger charge is -2.33. The van der Waals surface area contributed by atoms with Crippen LogP contribution in [-0.4, -0.2) is 56.7 Å². The van der Waals surface area contributed by atoms with Gasteiger partial charge in [0.25, 0.3) is 0 Å². The van der Waals surface area contributed by atoms with Crippen molar-refractivity contribution in [2.45, 2.75) is 19.8 Å². The summed E-state index contributed by atoms with van der Waals surface area (Å²) >= 11 is 3.43. The summed E-state index contributed by atoms with van der Waals surface area (Å²) in [5.74, 6) is 1.60. The van der Waals surface area contributed by atoms with Crippen LogP contribution in [0.1, 0.15) is 19.8 Å². The Labute approximate surface area is 157 Å². The number of ether oxygens (including phenoxy) is 2. The number of benzene rings is 1. The third kappa shape index (κ3) is 6.23. The van der Waals surface area contributed by atoms with E-state index < -0.39 is 0 Å². The number of hydrogen-bond acceptors (Lipinski definition) is 4. The van der Waals surface area contributed by atoms with Crippen molar-refractivity contribution in [3.8, 4) is 5.75 Å². The van der Waals surface area contributed by atoms with Crippen LogP contribution in [0.5, 0.6) is 5.75 Å². The number of halogens is 1. The minimum Gasteiger partial charge on any atom is -0.492 e. The van der Waals surface area contributed by atoms with Crippen molar-refractivity contribution in [1.82, 2.24) is 10.2 Å². The van der Waals surface area contributed by atoms with Crippen LogP contribution < -0.4 is 10.1 Å². The lowest BCUT2D eigenvalue weighted by molar-refractivity contribution is -0.146. The lowest BCUT2D eigenvalue weighted by atomic mass is 9.97. The number of aliphatic imine (C=N–C) groups is 1. The van der Waals surface area contributed by atoms with Gasteiger partial charge in [-0.3, -0.25) is 4.79 Å². The molecule has 0 aromatic heterocycles. The molecule has 0 bridgehead atoms. The Hall–Kier alpha value is -1.76.